The number of H-pyrrole nitrogens is 1. The summed E-state index contributed by atoms with van der Waals surface area (Å²) in [6.45, 7) is 23.4. The van der Waals surface area contributed by atoms with Crippen molar-refractivity contribution in [3.63, 3.8) is 0 Å². The predicted molar refractivity (Wildman–Crippen MR) is 203 cm³/mol. The molecule has 6 aliphatic rings. The van der Waals surface area contributed by atoms with E-state index in [0.29, 0.717) is 37.8 Å². The normalized spacial score (nSPS) is 41.8. The second-order valence-corrected chi connectivity index (χ2v) is 20.8. The number of fused-ring (bicyclic) bond motifs is 7. The van der Waals surface area contributed by atoms with Gasteiger partial charge in [-0.2, -0.15) is 5.10 Å². The maximum atomic E-state index is 14.0. The Morgan fingerprint density at radius 3 is 2.28 bits per heavy atom. The lowest BCUT2D eigenvalue weighted by molar-refractivity contribution is -0.238. The van der Waals surface area contributed by atoms with Crippen molar-refractivity contribution in [1.29, 1.82) is 0 Å². The summed E-state index contributed by atoms with van der Waals surface area (Å²) in [4.78, 5) is 39.4. The van der Waals surface area contributed by atoms with Gasteiger partial charge >= 0.3 is 11.9 Å². The number of Topliss-reactive ketones (excluding diaryl/α,β-unsaturated/α-hetero) is 1. The Morgan fingerprint density at radius 2 is 1.66 bits per heavy atom. The number of carboxylic acid groups (broad SMARTS) is 1. The Balaban J connectivity index is 1.13. The number of aliphatic hydroxyl groups excluding tert-OH is 1. The molecule has 11 atom stereocenters. The Bertz CT molecular complexity index is 1690. The summed E-state index contributed by atoms with van der Waals surface area (Å²) in [5.74, 6) is -0.415. The van der Waals surface area contributed by atoms with Crippen molar-refractivity contribution in [1.82, 2.24) is 15.5 Å². The molecule has 6 aliphatic carbocycles. The van der Waals surface area contributed by atoms with E-state index in [-0.39, 0.29) is 57.3 Å². The molecule has 0 bridgehead atoms. The highest BCUT2D eigenvalue weighted by Gasteiger charge is 2.71. The summed E-state index contributed by atoms with van der Waals surface area (Å²) >= 11 is 0. The van der Waals surface area contributed by atoms with Crippen molar-refractivity contribution >= 4 is 17.7 Å². The number of aliphatic carboxylic acids is 1. The molecule has 0 spiro atoms. The zero-order valence-corrected chi connectivity index (χ0v) is 34.2. The summed E-state index contributed by atoms with van der Waals surface area (Å²) in [5.41, 5.74) is 3.04. The third-order valence-corrected chi connectivity index (χ3v) is 17.6. The Hall–Kier alpha value is -2.52. The molecular formula is C44H67N3O6. The number of ether oxygens (including phenoxy) is 1. The third kappa shape index (κ3) is 5.49. The number of carboxylic acids is 1. The molecule has 0 amide bonds. The molecule has 0 radical (unpaired) electrons. The van der Waals surface area contributed by atoms with Gasteiger partial charge in [-0.05, 0) is 122 Å². The maximum absolute atomic E-state index is 14.0. The van der Waals surface area contributed by atoms with Crippen LogP contribution in [-0.4, -0.2) is 56.9 Å². The van der Waals surface area contributed by atoms with Gasteiger partial charge in [-0.1, -0.05) is 67.9 Å². The Kier molecular flexibility index (Phi) is 9.32. The molecule has 9 heteroatoms. The van der Waals surface area contributed by atoms with Crippen LogP contribution >= 0.6 is 0 Å². The number of carbonyl (C=O) groups is 3. The quantitative estimate of drug-likeness (QED) is 0.189. The number of carbonyl (C=O) groups excluding carboxylic acids is 2. The zero-order valence-electron chi connectivity index (χ0n) is 34.2. The number of aromatic amines is 1. The molecule has 7 rings (SSSR count). The van der Waals surface area contributed by atoms with Gasteiger partial charge in [0.25, 0.3) is 0 Å². The summed E-state index contributed by atoms with van der Waals surface area (Å²) in [5, 5.41) is 32.6. The van der Waals surface area contributed by atoms with E-state index in [1.165, 1.54) is 5.57 Å². The SMILES string of the molecule is Cc1cc(CNC[C@H](O)[C@@]23CC[C@]4(C)[C@H](CC[C@@H]5[C@@]6(C)CC[C@H](OC(=O)[C@H]7C[C@@H](C(=O)O)C7(C)C)C(C)(C)[C@@H]6CC[C@]54C)C2=C(C(C)C)C(=O)C3)n[nH]1. The largest absolute Gasteiger partial charge is 0.481 e. The van der Waals surface area contributed by atoms with Crippen LogP contribution in [0.1, 0.15) is 138 Å². The fourth-order valence-electron chi connectivity index (χ4n) is 14.3. The van der Waals surface area contributed by atoms with E-state index in [1.807, 2.05) is 26.8 Å². The van der Waals surface area contributed by atoms with Crippen LogP contribution in [0.4, 0.5) is 0 Å². The van der Waals surface area contributed by atoms with Crippen LogP contribution in [-0.2, 0) is 25.7 Å². The van der Waals surface area contributed by atoms with Gasteiger partial charge in [0.2, 0.25) is 0 Å². The number of rotatable bonds is 9. The summed E-state index contributed by atoms with van der Waals surface area (Å²) < 4.78 is 6.41. The van der Waals surface area contributed by atoms with Crippen LogP contribution in [0.2, 0.25) is 0 Å². The average molecular weight is 734 g/mol. The lowest BCUT2D eigenvalue weighted by atomic mass is 9.33. The van der Waals surface area contributed by atoms with E-state index in [4.69, 9.17) is 4.74 Å². The molecule has 1 aromatic rings. The minimum Gasteiger partial charge on any atom is -0.481 e. The molecule has 1 heterocycles. The summed E-state index contributed by atoms with van der Waals surface area (Å²) in [6, 6.07) is 2.02. The fourth-order valence-corrected chi connectivity index (χ4v) is 14.3. The van der Waals surface area contributed by atoms with Crippen LogP contribution < -0.4 is 5.32 Å². The number of hydrogen-bond donors (Lipinski definition) is 4. The molecule has 4 N–H and O–H groups in total. The molecule has 0 unspecified atom stereocenters. The first kappa shape index (κ1) is 38.7. The second kappa shape index (κ2) is 12.8. The van der Waals surface area contributed by atoms with Crippen LogP contribution in [0.5, 0.6) is 0 Å². The number of hydrogen-bond acceptors (Lipinski definition) is 7. The van der Waals surface area contributed by atoms with Gasteiger partial charge in [0, 0.05) is 36.0 Å². The van der Waals surface area contributed by atoms with E-state index in [2.05, 4.69) is 64.0 Å². The van der Waals surface area contributed by atoms with Gasteiger partial charge in [-0.15, -0.1) is 0 Å². The molecule has 5 saturated carbocycles. The van der Waals surface area contributed by atoms with E-state index < -0.39 is 28.8 Å². The van der Waals surface area contributed by atoms with Crippen molar-refractivity contribution in [2.75, 3.05) is 6.54 Å². The number of aryl methyl sites for hydroxylation is 1. The molecule has 0 aliphatic heterocycles. The molecule has 0 aromatic carbocycles. The van der Waals surface area contributed by atoms with E-state index in [0.717, 1.165) is 68.3 Å². The van der Waals surface area contributed by atoms with Crippen LogP contribution in [0, 0.1) is 74.9 Å². The van der Waals surface area contributed by atoms with Gasteiger partial charge in [0.15, 0.2) is 5.78 Å². The van der Waals surface area contributed by atoms with Crippen LogP contribution in [0.3, 0.4) is 0 Å². The molecule has 9 nitrogen and oxygen atoms in total. The van der Waals surface area contributed by atoms with Gasteiger partial charge in [0.1, 0.15) is 6.10 Å². The molecule has 53 heavy (non-hydrogen) atoms. The fraction of sp³-hybridized carbons (Fsp3) is 0.818. The summed E-state index contributed by atoms with van der Waals surface area (Å²) in [6.07, 6.45) is 7.90. The number of nitrogens with one attached hydrogen (secondary N) is 2. The van der Waals surface area contributed by atoms with Gasteiger partial charge in [-0.25, -0.2) is 0 Å². The Morgan fingerprint density at radius 1 is 0.943 bits per heavy atom. The van der Waals surface area contributed by atoms with Crippen LogP contribution in [0.15, 0.2) is 17.2 Å². The molecular weight excluding hydrogens is 666 g/mol. The van der Waals surface area contributed by atoms with Crippen molar-refractivity contribution in [3.8, 4) is 0 Å². The topological polar surface area (TPSA) is 142 Å². The third-order valence-electron chi connectivity index (χ3n) is 17.6. The van der Waals surface area contributed by atoms with Crippen molar-refractivity contribution in [2.24, 2.45) is 68.0 Å². The maximum Gasteiger partial charge on any atom is 0.309 e. The number of nitrogens with zero attached hydrogens (tertiary/aromatic N) is 1. The molecule has 1 aromatic heterocycles. The van der Waals surface area contributed by atoms with Crippen molar-refractivity contribution in [2.45, 2.75) is 152 Å². The van der Waals surface area contributed by atoms with E-state index in [1.54, 1.807) is 0 Å². The summed E-state index contributed by atoms with van der Waals surface area (Å²) in [7, 11) is 0. The second-order valence-electron chi connectivity index (χ2n) is 20.8. The predicted octanol–water partition coefficient (Wildman–Crippen LogP) is 7.81. The Labute approximate surface area is 317 Å². The lowest BCUT2D eigenvalue weighted by Gasteiger charge is -2.72. The molecule has 0 saturated heterocycles. The van der Waals surface area contributed by atoms with Gasteiger partial charge in [0.05, 0.1) is 23.6 Å². The number of aliphatic hydroxyl groups is 1. The minimum absolute atomic E-state index is 0.00282. The number of allylic oxidation sites excluding steroid dienone is 1. The number of esters is 1. The first-order valence-electron chi connectivity index (χ1n) is 20.8. The highest BCUT2D eigenvalue weighted by Crippen LogP contribution is 2.77. The first-order valence-corrected chi connectivity index (χ1v) is 20.8. The highest BCUT2D eigenvalue weighted by atomic mass is 16.5. The standard InChI is InChI=1S/C44H67N3O6/c1-24(2)35-30(48)21-44(33(49)23-45-22-26-19-25(3)46-47-26)18-17-42(9)27(36(35)44)11-12-32-41(8)15-14-34(40(6,7)31(41)13-16-43(32,42)10)53-38(52)29-20-28(37(50)51)39(29,4)5/h19,24,27-29,31-34,45,49H,11-18,20-23H2,1-10H3,(H,46,47)(H,50,51)/t27-,28+,29-,31+,32-,33+,34+,41+,42-,43-,44+/m1/s1. The van der Waals surface area contributed by atoms with Gasteiger partial charge < -0.3 is 20.3 Å². The van der Waals surface area contributed by atoms with E-state index >= 15 is 0 Å². The minimum atomic E-state index is -0.828. The van der Waals surface area contributed by atoms with Crippen molar-refractivity contribution in [3.05, 3.63) is 28.6 Å². The number of aromatic nitrogens is 2. The van der Waals surface area contributed by atoms with Crippen molar-refractivity contribution < 1.29 is 29.3 Å². The average Bonchev–Trinajstić information content (AvgIpc) is 3.61. The van der Waals surface area contributed by atoms with E-state index in [9.17, 15) is 24.6 Å². The molecule has 294 valence electrons. The highest BCUT2D eigenvalue weighted by molar-refractivity contribution is 6.00. The number of ketones is 1. The molecule has 5 fully saturated rings. The lowest BCUT2D eigenvalue weighted by Crippen LogP contribution is -2.66. The van der Waals surface area contributed by atoms with Gasteiger partial charge in [-0.3, -0.25) is 19.5 Å². The zero-order chi connectivity index (χ0) is 38.7. The smallest absolute Gasteiger partial charge is 0.309 e. The monoisotopic (exact) mass is 734 g/mol. The first-order chi connectivity index (χ1) is 24.6. The van der Waals surface area contributed by atoms with Crippen LogP contribution in [0.25, 0.3) is 0 Å².